The largest absolute Gasteiger partial charge is 0.481 e. The monoisotopic (exact) mass is 263 g/mol. The van der Waals surface area contributed by atoms with E-state index in [9.17, 15) is 14.9 Å². The van der Waals surface area contributed by atoms with Crippen LogP contribution in [0.5, 0.6) is 0 Å². The lowest BCUT2D eigenvalue weighted by atomic mass is 10.0. The Labute approximate surface area is 101 Å². The lowest BCUT2D eigenvalue weighted by Gasteiger charge is -2.10. The number of hydrogen-bond donors (Lipinski definition) is 1. The Morgan fingerprint density at radius 1 is 1.44 bits per heavy atom. The van der Waals surface area contributed by atoms with Crippen molar-refractivity contribution in [3.63, 3.8) is 0 Å². The van der Waals surface area contributed by atoms with Gasteiger partial charge in [0.1, 0.15) is 0 Å². The quantitative estimate of drug-likeness (QED) is 0.671. The first kappa shape index (κ1) is 12.7. The van der Waals surface area contributed by atoms with Crippen molar-refractivity contribution in [2.75, 3.05) is 0 Å². The molecule has 1 N–H and O–H groups in total. The SMILES string of the molecule is CC(C(=O)O)c1c(Cl)cc([N+](=O)[O-])cc1Cl. The van der Waals surface area contributed by atoms with Crippen LogP contribution in [0.25, 0.3) is 0 Å². The molecule has 0 aliphatic carbocycles. The average molecular weight is 264 g/mol. The summed E-state index contributed by atoms with van der Waals surface area (Å²) in [5, 5.41) is 19.3. The fourth-order valence-electron chi connectivity index (χ4n) is 1.21. The highest BCUT2D eigenvalue weighted by Crippen LogP contribution is 2.35. The number of halogens is 2. The van der Waals surface area contributed by atoms with E-state index in [0.29, 0.717) is 0 Å². The molecule has 0 aliphatic heterocycles. The van der Waals surface area contributed by atoms with Gasteiger partial charge in [-0.25, -0.2) is 0 Å². The number of carbonyl (C=O) groups is 1. The topological polar surface area (TPSA) is 80.4 Å². The second-order valence-electron chi connectivity index (χ2n) is 3.14. The molecule has 1 aromatic rings. The molecule has 1 aromatic carbocycles. The minimum absolute atomic E-state index is 0.0194. The molecule has 0 aliphatic rings. The van der Waals surface area contributed by atoms with Crippen molar-refractivity contribution in [3.8, 4) is 0 Å². The van der Waals surface area contributed by atoms with Gasteiger partial charge in [0.25, 0.3) is 5.69 Å². The Morgan fingerprint density at radius 3 is 2.19 bits per heavy atom. The van der Waals surface area contributed by atoms with E-state index in [2.05, 4.69) is 0 Å². The molecule has 0 heterocycles. The predicted molar refractivity (Wildman–Crippen MR) is 59.2 cm³/mol. The van der Waals surface area contributed by atoms with Crippen LogP contribution in [0.1, 0.15) is 18.4 Å². The Kier molecular flexibility index (Phi) is 3.72. The van der Waals surface area contributed by atoms with Crippen molar-refractivity contribution in [3.05, 3.63) is 37.9 Å². The molecule has 5 nitrogen and oxygen atoms in total. The van der Waals surface area contributed by atoms with E-state index < -0.39 is 16.8 Å². The summed E-state index contributed by atoms with van der Waals surface area (Å²) in [6, 6.07) is 2.17. The van der Waals surface area contributed by atoms with Crippen LogP contribution in [0.15, 0.2) is 12.1 Å². The van der Waals surface area contributed by atoms with Gasteiger partial charge in [0.05, 0.1) is 20.9 Å². The van der Waals surface area contributed by atoms with Crippen LogP contribution in [0, 0.1) is 10.1 Å². The molecule has 16 heavy (non-hydrogen) atoms. The summed E-state index contributed by atoms with van der Waals surface area (Å²) < 4.78 is 0. The van der Waals surface area contributed by atoms with Crippen LogP contribution in [-0.2, 0) is 4.79 Å². The molecule has 7 heteroatoms. The van der Waals surface area contributed by atoms with Crippen molar-refractivity contribution in [1.82, 2.24) is 0 Å². The van der Waals surface area contributed by atoms with Crippen LogP contribution in [-0.4, -0.2) is 16.0 Å². The second-order valence-corrected chi connectivity index (χ2v) is 3.95. The summed E-state index contributed by atoms with van der Waals surface area (Å²) in [4.78, 5) is 20.6. The lowest BCUT2D eigenvalue weighted by Crippen LogP contribution is -2.09. The predicted octanol–water partition coefficient (Wildman–Crippen LogP) is 3.09. The van der Waals surface area contributed by atoms with Crippen LogP contribution in [0.2, 0.25) is 10.0 Å². The molecule has 0 radical (unpaired) electrons. The summed E-state index contributed by atoms with van der Waals surface area (Å²) in [6.45, 7) is 1.40. The molecule has 1 unspecified atom stereocenters. The minimum Gasteiger partial charge on any atom is -0.481 e. The third-order valence-electron chi connectivity index (χ3n) is 2.08. The van der Waals surface area contributed by atoms with Crippen LogP contribution < -0.4 is 0 Å². The Morgan fingerprint density at radius 2 is 1.88 bits per heavy atom. The first-order valence-corrected chi connectivity index (χ1v) is 4.96. The molecule has 1 rings (SSSR count). The van der Waals surface area contributed by atoms with Crippen molar-refractivity contribution in [2.24, 2.45) is 0 Å². The molecule has 0 saturated heterocycles. The smallest absolute Gasteiger partial charge is 0.310 e. The minimum atomic E-state index is -1.10. The maximum Gasteiger partial charge on any atom is 0.310 e. The number of carboxylic acid groups (broad SMARTS) is 1. The van der Waals surface area contributed by atoms with Gasteiger partial charge in [0.2, 0.25) is 0 Å². The molecule has 0 saturated carbocycles. The summed E-state index contributed by atoms with van der Waals surface area (Å²) in [6.07, 6.45) is 0. The Hall–Kier alpha value is -1.33. The first-order valence-electron chi connectivity index (χ1n) is 4.20. The summed E-state index contributed by atoms with van der Waals surface area (Å²) in [7, 11) is 0. The number of hydrogen-bond acceptors (Lipinski definition) is 3. The molecule has 0 fully saturated rings. The third-order valence-corrected chi connectivity index (χ3v) is 2.70. The van der Waals surface area contributed by atoms with Crippen molar-refractivity contribution in [2.45, 2.75) is 12.8 Å². The van der Waals surface area contributed by atoms with E-state index in [1.54, 1.807) is 0 Å². The molecule has 0 bridgehead atoms. The lowest BCUT2D eigenvalue weighted by molar-refractivity contribution is -0.384. The number of nitro groups is 1. The Bertz CT molecular complexity index is 438. The van der Waals surface area contributed by atoms with E-state index in [1.165, 1.54) is 6.92 Å². The van der Waals surface area contributed by atoms with E-state index in [1.807, 2.05) is 0 Å². The van der Waals surface area contributed by atoms with Crippen LogP contribution in [0.3, 0.4) is 0 Å². The van der Waals surface area contributed by atoms with Crippen LogP contribution >= 0.6 is 23.2 Å². The summed E-state index contributed by atoms with van der Waals surface area (Å²) in [5.41, 5.74) is -0.0854. The molecule has 0 spiro atoms. The normalized spacial score (nSPS) is 12.2. The van der Waals surface area contributed by atoms with Crippen LogP contribution in [0.4, 0.5) is 5.69 Å². The van der Waals surface area contributed by atoms with E-state index in [-0.39, 0.29) is 21.3 Å². The number of carboxylic acids is 1. The van der Waals surface area contributed by atoms with Gasteiger partial charge in [-0.1, -0.05) is 23.2 Å². The molecule has 86 valence electrons. The fourth-order valence-corrected chi connectivity index (χ4v) is 2.02. The number of nitro benzene ring substituents is 1. The maximum absolute atomic E-state index is 10.8. The van der Waals surface area contributed by atoms with Gasteiger partial charge in [-0.05, 0) is 6.92 Å². The van der Waals surface area contributed by atoms with Gasteiger partial charge in [0.15, 0.2) is 0 Å². The van der Waals surface area contributed by atoms with E-state index in [0.717, 1.165) is 12.1 Å². The van der Waals surface area contributed by atoms with Gasteiger partial charge in [-0.15, -0.1) is 0 Å². The second kappa shape index (κ2) is 4.67. The number of non-ortho nitro benzene ring substituents is 1. The molecular weight excluding hydrogens is 257 g/mol. The van der Waals surface area contributed by atoms with Gasteiger partial charge in [0, 0.05) is 17.7 Å². The summed E-state index contributed by atoms with van der Waals surface area (Å²) in [5.74, 6) is -2.02. The van der Waals surface area contributed by atoms with E-state index >= 15 is 0 Å². The Balaban J connectivity index is 3.33. The van der Waals surface area contributed by atoms with E-state index in [4.69, 9.17) is 28.3 Å². The number of rotatable bonds is 3. The zero-order chi connectivity index (χ0) is 12.5. The van der Waals surface area contributed by atoms with Gasteiger partial charge in [-0.2, -0.15) is 0 Å². The average Bonchev–Trinajstić information content (AvgIpc) is 2.15. The summed E-state index contributed by atoms with van der Waals surface area (Å²) >= 11 is 11.5. The highest BCUT2D eigenvalue weighted by atomic mass is 35.5. The fraction of sp³-hybridized carbons (Fsp3) is 0.222. The number of aliphatic carboxylic acids is 1. The molecule has 0 aromatic heterocycles. The zero-order valence-electron chi connectivity index (χ0n) is 8.11. The van der Waals surface area contributed by atoms with Gasteiger partial charge >= 0.3 is 5.97 Å². The standard InChI is InChI=1S/C9H7Cl2NO4/c1-4(9(13)14)8-6(10)2-5(12(15)16)3-7(8)11/h2-4H,1H3,(H,13,14). The third kappa shape index (κ3) is 2.43. The zero-order valence-corrected chi connectivity index (χ0v) is 9.62. The number of benzene rings is 1. The van der Waals surface area contributed by atoms with Crippen molar-refractivity contribution in [1.29, 1.82) is 0 Å². The van der Waals surface area contributed by atoms with Crippen molar-refractivity contribution >= 4 is 34.9 Å². The van der Waals surface area contributed by atoms with Gasteiger partial charge in [-0.3, -0.25) is 14.9 Å². The first-order chi connectivity index (χ1) is 7.34. The maximum atomic E-state index is 10.8. The number of nitrogens with zero attached hydrogens (tertiary/aromatic N) is 1. The highest BCUT2D eigenvalue weighted by Gasteiger charge is 2.23. The van der Waals surface area contributed by atoms with Gasteiger partial charge < -0.3 is 5.11 Å². The highest BCUT2D eigenvalue weighted by molar-refractivity contribution is 6.36. The molecule has 0 amide bonds. The molecule has 1 atom stereocenters. The van der Waals surface area contributed by atoms with Crippen molar-refractivity contribution < 1.29 is 14.8 Å². The molecular formula is C9H7Cl2NO4.